The Hall–Kier alpha value is -8.84. The molecule has 3 aliphatic rings. The van der Waals surface area contributed by atoms with E-state index in [4.69, 9.17) is 0 Å². The summed E-state index contributed by atoms with van der Waals surface area (Å²) in [4.78, 5) is 0. The molecule has 0 amide bonds. The van der Waals surface area contributed by atoms with Crippen molar-refractivity contribution < 1.29 is 0 Å². The Bertz CT molecular complexity index is 4130. The highest BCUT2D eigenvalue weighted by molar-refractivity contribution is 6.20. The van der Waals surface area contributed by atoms with Crippen molar-refractivity contribution in [2.24, 2.45) is 0 Å². The monoisotopic (exact) mass is 898 g/mol. The molecule has 12 aromatic rings. The molecule has 0 heteroatoms. The minimum atomic E-state index is -0.134. The van der Waals surface area contributed by atoms with Gasteiger partial charge in [-0.15, -0.1) is 0 Å². The molecule has 0 saturated heterocycles. The Kier molecular flexibility index (Phi) is 8.51. The molecule has 0 bridgehead atoms. The Morgan fingerprint density at radius 3 is 0.803 bits per heavy atom. The summed E-state index contributed by atoms with van der Waals surface area (Å²) < 4.78 is 0. The lowest BCUT2D eigenvalue weighted by molar-refractivity contribution is 0.661. The second-order valence-corrected chi connectivity index (χ2v) is 20.3. The first-order chi connectivity index (χ1) is 34.9. The summed E-state index contributed by atoms with van der Waals surface area (Å²) in [5.74, 6) is 0. The first kappa shape index (κ1) is 40.1. The molecule has 3 aliphatic carbocycles. The maximum absolute atomic E-state index is 2.43. The second kappa shape index (κ2) is 15.1. The fraction of sp³-hybridized carbons (Fsp3) is 0.0423. The van der Waals surface area contributed by atoms with E-state index in [1.54, 1.807) is 0 Å². The van der Waals surface area contributed by atoms with Gasteiger partial charge in [-0.1, -0.05) is 244 Å². The van der Waals surface area contributed by atoms with Crippen LogP contribution in [-0.2, 0) is 5.41 Å². The summed E-state index contributed by atoms with van der Waals surface area (Å²) >= 11 is 0. The van der Waals surface area contributed by atoms with Crippen LogP contribution in [0.25, 0.3) is 144 Å². The first-order valence-electron chi connectivity index (χ1n) is 25.0. The Morgan fingerprint density at radius 2 is 0.451 bits per heavy atom. The van der Waals surface area contributed by atoms with E-state index in [2.05, 4.69) is 257 Å². The van der Waals surface area contributed by atoms with Gasteiger partial charge in [0.25, 0.3) is 0 Å². The normalized spacial score (nSPS) is 13.0. The van der Waals surface area contributed by atoms with Crippen LogP contribution in [0.3, 0.4) is 0 Å². The molecule has 0 spiro atoms. The molecule has 0 unspecified atom stereocenters. The summed E-state index contributed by atoms with van der Waals surface area (Å²) in [7, 11) is 0. The first-order valence-corrected chi connectivity index (χ1v) is 25.0. The van der Waals surface area contributed by atoms with E-state index in [0.717, 1.165) is 0 Å². The van der Waals surface area contributed by atoms with Gasteiger partial charge < -0.3 is 0 Å². The van der Waals surface area contributed by atoms with E-state index < -0.39 is 0 Å². The van der Waals surface area contributed by atoms with Crippen LogP contribution in [0.5, 0.6) is 0 Å². The molecule has 330 valence electrons. The minimum absolute atomic E-state index is 0.134. The van der Waals surface area contributed by atoms with Gasteiger partial charge in [-0.3, -0.25) is 0 Å². The van der Waals surface area contributed by atoms with Crippen molar-refractivity contribution in [1.82, 2.24) is 0 Å². The van der Waals surface area contributed by atoms with E-state index in [1.165, 1.54) is 155 Å². The lowest BCUT2D eigenvalue weighted by Gasteiger charge is -2.22. The summed E-state index contributed by atoms with van der Waals surface area (Å²) in [5, 5.41) is 5.37. The van der Waals surface area contributed by atoms with Crippen LogP contribution in [0.2, 0.25) is 0 Å². The number of hydrogen-bond donors (Lipinski definition) is 0. The van der Waals surface area contributed by atoms with Gasteiger partial charge in [-0.05, 0) is 167 Å². The zero-order valence-corrected chi connectivity index (χ0v) is 39.6. The standard InChI is InChI=1S/C71H46/c1-71(2)67-41-51(33-35-59(67)60-36-34-52(42-68(60)71)48-27-31-50(32-28-48)54-38-40-66-58-12-6-4-10-56(58)64-16-8-14-62(54)70(64)66)47-23-21-45(22-24-47)43-17-19-44(20-18-43)46-25-29-49(30-26-46)53-37-39-65-57-11-5-3-9-55(57)63-15-7-13-61(53)69(63)65/h3-42H,1-2H3. The molecule has 0 aromatic heterocycles. The van der Waals surface area contributed by atoms with Gasteiger partial charge in [-0.2, -0.15) is 0 Å². The van der Waals surface area contributed by atoms with Gasteiger partial charge in [-0.25, -0.2) is 0 Å². The Labute approximate surface area is 414 Å². The lowest BCUT2D eigenvalue weighted by atomic mass is 9.80. The van der Waals surface area contributed by atoms with E-state index in [0.29, 0.717) is 0 Å². The molecule has 0 saturated carbocycles. The predicted octanol–water partition coefficient (Wildman–Crippen LogP) is 19.6. The fourth-order valence-corrected chi connectivity index (χ4v) is 12.6. The average Bonchev–Trinajstić information content (AvgIpc) is 4.03. The van der Waals surface area contributed by atoms with Gasteiger partial charge in [0.15, 0.2) is 0 Å². The largest absolute Gasteiger partial charge is 0.0616 e. The molecule has 71 heavy (non-hydrogen) atoms. The third kappa shape index (κ3) is 5.98. The van der Waals surface area contributed by atoms with Crippen molar-refractivity contribution in [1.29, 1.82) is 0 Å². The van der Waals surface area contributed by atoms with Gasteiger partial charge in [0.1, 0.15) is 0 Å². The zero-order valence-electron chi connectivity index (χ0n) is 39.6. The molecule has 0 fully saturated rings. The van der Waals surface area contributed by atoms with Crippen LogP contribution < -0.4 is 0 Å². The molecule has 0 radical (unpaired) electrons. The average molecular weight is 899 g/mol. The molecule has 12 aromatic carbocycles. The SMILES string of the molecule is CC1(C)c2cc(-c3ccc(-c4ccc(-c5ccc(-c6ccc7c8c(cccc68)-c6ccccc6-7)cc5)cc4)cc3)ccc2-c2ccc(-c3ccc(-c4ccc5c6c(cccc46)-c4ccccc4-5)cc3)cc21. The van der Waals surface area contributed by atoms with Gasteiger partial charge in [0, 0.05) is 5.41 Å². The maximum atomic E-state index is 2.43. The Balaban J connectivity index is 0.656. The van der Waals surface area contributed by atoms with Crippen molar-refractivity contribution in [3.63, 3.8) is 0 Å². The second-order valence-electron chi connectivity index (χ2n) is 20.3. The number of fused-ring (bicyclic) bond motifs is 9. The molecule has 0 nitrogen and oxygen atoms in total. The summed E-state index contributed by atoms with van der Waals surface area (Å²) in [6.07, 6.45) is 0. The van der Waals surface area contributed by atoms with Crippen LogP contribution in [0.15, 0.2) is 243 Å². The van der Waals surface area contributed by atoms with Crippen LogP contribution in [0, 0.1) is 0 Å². The summed E-state index contributed by atoms with van der Waals surface area (Å²) in [6.45, 7) is 4.77. The smallest absolute Gasteiger partial charge is 0.0159 e. The van der Waals surface area contributed by atoms with Crippen molar-refractivity contribution in [2.45, 2.75) is 19.3 Å². The van der Waals surface area contributed by atoms with Crippen LogP contribution >= 0.6 is 0 Å². The van der Waals surface area contributed by atoms with E-state index in [-0.39, 0.29) is 5.41 Å². The van der Waals surface area contributed by atoms with Crippen LogP contribution in [0.4, 0.5) is 0 Å². The minimum Gasteiger partial charge on any atom is -0.0616 e. The molecule has 0 N–H and O–H groups in total. The van der Waals surface area contributed by atoms with E-state index in [9.17, 15) is 0 Å². The molecule has 0 aliphatic heterocycles. The molecule has 0 heterocycles. The van der Waals surface area contributed by atoms with E-state index in [1.807, 2.05) is 0 Å². The third-order valence-corrected chi connectivity index (χ3v) is 16.3. The van der Waals surface area contributed by atoms with Crippen LogP contribution in [-0.4, -0.2) is 0 Å². The molecular formula is C71H46. The number of rotatable bonds is 6. The van der Waals surface area contributed by atoms with Crippen molar-refractivity contribution in [2.75, 3.05) is 0 Å². The summed E-state index contributed by atoms with van der Waals surface area (Å²) in [5.41, 5.74) is 30.9. The molecule has 15 rings (SSSR count). The van der Waals surface area contributed by atoms with Crippen molar-refractivity contribution in [3.05, 3.63) is 254 Å². The van der Waals surface area contributed by atoms with Gasteiger partial charge in [0.05, 0.1) is 0 Å². The summed E-state index contributed by atoms with van der Waals surface area (Å²) in [6, 6.07) is 90.9. The number of benzene rings is 12. The van der Waals surface area contributed by atoms with E-state index >= 15 is 0 Å². The van der Waals surface area contributed by atoms with Crippen LogP contribution in [0.1, 0.15) is 25.0 Å². The molecule has 0 atom stereocenters. The lowest BCUT2D eigenvalue weighted by Crippen LogP contribution is -2.15. The highest BCUT2D eigenvalue weighted by Gasteiger charge is 2.36. The Morgan fingerprint density at radius 1 is 0.197 bits per heavy atom. The highest BCUT2D eigenvalue weighted by atomic mass is 14.4. The topological polar surface area (TPSA) is 0 Å². The third-order valence-electron chi connectivity index (χ3n) is 16.3. The van der Waals surface area contributed by atoms with Crippen molar-refractivity contribution in [3.8, 4) is 122 Å². The number of hydrogen-bond acceptors (Lipinski definition) is 0. The van der Waals surface area contributed by atoms with Gasteiger partial charge >= 0.3 is 0 Å². The fourth-order valence-electron chi connectivity index (χ4n) is 12.6. The molecular weight excluding hydrogens is 853 g/mol. The predicted molar refractivity (Wildman–Crippen MR) is 300 cm³/mol. The highest BCUT2D eigenvalue weighted by Crippen LogP contribution is 2.53. The maximum Gasteiger partial charge on any atom is 0.0159 e. The van der Waals surface area contributed by atoms with Crippen molar-refractivity contribution >= 4 is 21.5 Å². The zero-order chi connectivity index (χ0) is 47.0. The van der Waals surface area contributed by atoms with Gasteiger partial charge in [0.2, 0.25) is 0 Å². The quantitative estimate of drug-likeness (QED) is 0.156.